The first-order valence-corrected chi connectivity index (χ1v) is 7.60. The highest BCUT2D eigenvalue weighted by Crippen LogP contribution is 2.28. The molecule has 0 saturated heterocycles. The summed E-state index contributed by atoms with van der Waals surface area (Å²) in [6.45, 7) is 6.62. The predicted molar refractivity (Wildman–Crippen MR) is 85.8 cm³/mol. The molecule has 0 atom stereocenters. The van der Waals surface area contributed by atoms with E-state index in [1.54, 1.807) is 7.11 Å². The Morgan fingerprint density at radius 3 is 2.41 bits per heavy atom. The zero-order valence-corrected chi connectivity index (χ0v) is 13.6. The van der Waals surface area contributed by atoms with E-state index in [4.69, 9.17) is 14.2 Å². The summed E-state index contributed by atoms with van der Waals surface area (Å²) < 4.78 is 16.0. The summed E-state index contributed by atoms with van der Waals surface area (Å²) in [7, 11) is 1.60. The summed E-state index contributed by atoms with van der Waals surface area (Å²) >= 11 is 0. The molecule has 2 amide bonds. The molecular formula is C16H26N2O4. The van der Waals surface area contributed by atoms with Gasteiger partial charge >= 0.3 is 6.03 Å². The Morgan fingerprint density at radius 1 is 1.05 bits per heavy atom. The highest BCUT2D eigenvalue weighted by molar-refractivity contribution is 5.73. The van der Waals surface area contributed by atoms with Gasteiger partial charge in [-0.15, -0.1) is 0 Å². The fraction of sp³-hybridized carbons (Fsp3) is 0.562. The van der Waals surface area contributed by atoms with E-state index >= 15 is 0 Å². The van der Waals surface area contributed by atoms with Crippen molar-refractivity contribution in [2.75, 3.05) is 40.0 Å². The van der Waals surface area contributed by atoms with E-state index in [1.807, 2.05) is 32.0 Å². The minimum atomic E-state index is -0.187. The minimum Gasteiger partial charge on any atom is -0.490 e. The number of amides is 2. The van der Waals surface area contributed by atoms with Crippen molar-refractivity contribution in [1.82, 2.24) is 10.6 Å². The van der Waals surface area contributed by atoms with Crippen molar-refractivity contribution in [2.45, 2.75) is 20.3 Å². The number of hydrogen-bond donors (Lipinski definition) is 2. The maximum absolute atomic E-state index is 11.5. The maximum atomic E-state index is 11.5. The van der Waals surface area contributed by atoms with Crippen molar-refractivity contribution in [3.8, 4) is 11.5 Å². The molecule has 6 heteroatoms. The van der Waals surface area contributed by atoms with Crippen molar-refractivity contribution in [1.29, 1.82) is 0 Å². The van der Waals surface area contributed by atoms with Crippen LogP contribution in [0.1, 0.15) is 19.4 Å². The number of urea groups is 1. The van der Waals surface area contributed by atoms with Crippen LogP contribution in [0.15, 0.2) is 18.2 Å². The van der Waals surface area contributed by atoms with Gasteiger partial charge in [0.05, 0.1) is 19.8 Å². The Morgan fingerprint density at radius 2 is 1.73 bits per heavy atom. The SMILES string of the molecule is CCOc1ccc(CCNC(=O)NCCOC)cc1OCC. The van der Waals surface area contributed by atoms with Crippen molar-refractivity contribution < 1.29 is 19.0 Å². The standard InChI is InChI=1S/C16H26N2O4/c1-4-21-14-7-6-13(12-15(14)22-5-2)8-9-17-16(19)18-10-11-20-3/h6-7,12H,4-5,8-11H2,1-3H3,(H2,17,18,19). The van der Waals surface area contributed by atoms with Crippen LogP contribution in [0.5, 0.6) is 11.5 Å². The Balaban J connectivity index is 2.45. The van der Waals surface area contributed by atoms with E-state index in [0.29, 0.717) is 32.9 Å². The number of benzene rings is 1. The monoisotopic (exact) mass is 310 g/mol. The Labute approximate surface area is 132 Å². The fourth-order valence-corrected chi connectivity index (χ4v) is 1.90. The predicted octanol–water partition coefficient (Wildman–Crippen LogP) is 1.97. The average Bonchev–Trinajstić information content (AvgIpc) is 2.50. The van der Waals surface area contributed by atoms with E-state index in [-0.39, 0.29) is 6.03 Å². The summed E-state index contributed by atoms with van der Waals surface area (Å²) in [5, 5.41) is 5.51. The largest absolute Gasteiger partial charge is 0.490 e. The molecule has 0 aliphatic heterocycles. The molecule has 124 valence electrons. The molecule has 2 N–H and O–H groups in total. The van der Waals surface area contributed by atoms with E-state index < -0.39 is 0 Å². The van der Waals surface area contributed by atoms with Crippen LogP contribution in [0.25, 0.3) is 0 Å². The first kappa shape index (κ1) is 18.1. The molecule has 1 aromatic rings. The summed E-state index contributed by atoms with van der Waals surface area (Å²) in [5.41, 5.74) is 1.09. The zero-order valence-electron chi connectivity index (χ0n) is 13.6. The van der Waals surface area contributed by atoms with Crippen LogP contribution in [-0.4, -0.2) is 46.1 Å². The Bertz CT molecular complexity index is 452. The van der Waals surface area contributed by atoms with Gasteiger partial charge in [0.2, 0.25) is 0 Å². The quantitative estimate of drug-likeness (QED) is 0.648. The molecule has 0 bridgehead atoms. The number of hydrogen-bond acceptors (Lipinski definition) is 4. The lowest BCUT2D eigenvalue weighted by Crippen LogP contribution is -2.38. The highest BCUT2D eigenvalue weighted by Gasteiger charge is 2.06. The molecule has 0 fully saturated rings. The normalized spacial score (nSPS) is 10.1. The van der Waals surface area contributed by atoms with Gasteiger partial charge in [0.25, 0.3) is 0 Å². The maximum Gasteiger partial charge on any atom is 0.314 e. The topological polar surface area (TPSA) is 68.8 Å². The van der Waals surface area contributed by atoms with Gasteiger partial charge < -0.3 is 24.8 Å². The molecule has 22 heavy (non-hydrogen) atoms. The van der Waals surface area contributed by atoms with Crippen LogP contribution in [0.3, 0.4) is 0 Å². The average molecular weight is 310 g/mol. The molecule has 0 aliphatic carbocycles. The molecule has 0 aliphatic rings. The third-order valence-electron chi connectivity index (χ3n) is 2.90. The molecule has 0 unspecified atom stereocenters. The molecule has 1 aromatic carbocycles. The highest BCUT2D eigenvalue weighted by atomic mass is 16.5. The number of carbonyl (C=O) groups excluding carboxylic acids is 1. The molecule has 0 heterocycles. The zero-order chi connectivity index (χ0) is 16.2. The van der Waals surface area contributed by atoms with Crippen molar-refractivity contribution in [3.63, 3.8) is 0 Å². The van der Waals surface area contributed by atoms with Crippen LogP contribution in [-0.2, 0) is 11.2 Å². The van der Waals surface area contributed by atoms with Crippen molar-refractivity contribution in [3.05, 3.63) is 23.8 Å². The number of methoxy groups -OCH3 is 1. The molecule has 6 nitrogen and oxygen atoms in total. The summed E-state index contributed by atoms with van der Waals surface area (Å²) in [4.78, 5) is 11.5. The van der Waals surface area contributed by atoms with Crippen LogP contribution >= 0.6 is 0 Å². The molecule has 0 aromatic heterocycles. The van der Waals surface area contributed by atoms with Crippen molar-refractivity contribution in [2.24, 2.45) is 0 Å². The van der Waals surface area contributed by atoms with Crippen LogP contribution in [0.4, 0.5) is 4.79 Å². The van der Waals surface area contributed by atoms with E-state index in [9.17, 15) is 4.79 Å². The Hall–Kier alpha value is -1.95. The second-order valence-corrected chi connectivity index (χ2v) is 4.57. The van der Waals surface area contributed by atoms with Gasteiger partial charge in [0.1, 0.15) is 0 Å². The van der Waals surface area contributed by atoms with E-state index in [1.165, 1.54) is 0 Å². The minimum absolute atomic E-state index is 0.187. The lowest BCUT2D eigenvalue weighted by Gasteiger charge is -2.13. The van der Waals surface area contributed by atoms with E-state index in [2.05, 4.69) is 10.6 Å². The second kappa shape index (κ2) is 10.7. The smallest absolute Gasteiger partial charge is 0.314 e. The van der Waals surface area contributed by atoms with Crippen molar-refractivity contribution >= 4 is 6.03 Å². The van der Waals surface area contributed by atoms with Gasteiger partial charge in [-0.3, -0.25) is 0 Å². The van der Waals surface area contributed by atoms with Crippen LogP contribution in [0.2, 0.25) is 0 Å². The lowest BCUT2D eigenvalue weighted by molar-refractivity contribution is 0.196. The molecule has 0 spiro atoms. The number of carbonyl (C=O) groups is 1. The van der Waals surface area contributed by atoms with Gasteiger partial charge in [0.15, 0.2) is 11.5 Å². The second-order valence-electron chi connectivity index (χ2n) is 4.57. The van der Waals surface area contributed by atoms with Gasteiger partial charge in [-0.05, 0) is 38.0 Å². The van der Waals surface area contributed by atoms with Gasteiger partial charge in [-0.2, -0.15) is 0 Å². The van der Waals surface area contributed by atoms with Crippen LogP contribution in [0, 0.1) is 0 Å². The third kappa shape index (κ3) is 6.67. The molecular weight excluding hydrogens is 284 g/mol. The third-order valence-corrected chi connectivity index (χ3v) is 2.90. The summed E-state index contributed by atoms with van der Waals surface area (Å²) in [6, 6.07) is 5.66. The summed E-state index contributed by atoms with van der Waals surface area (Å²) in [6.07, 6.45) is 0.726. The van der Waals surface area contributed by atoms with Gasteiger partial charge in [0, 0.05) is 20.2 Å². The molecule has 0 radical (unpaired) electrons. The Kier molecular flexibility index (Phi) is 8.83. The van der Waals surface area contributed by atoms with Gasteiger partial charge in [-0.1, -0.05) is 6.07 Å². The van der Waals surface area contributed by atoms with Crippen LogP contribution < -0.4 is 20.1 Å². The fourth-order valence-electron chi connectivity index (χ4n) is 1.90. The van der Waals surface area contributed by atoms with E-state index in [0.717, 1.165) is 23.5 Å². The first-order chi connectivity index (χ1) is 10.7. The molecule has 1 rings (SSSR count). The lowest BCUT2D eigenvalue weighted by atomic mass is 10.1. The van der Waals surface area contributed by atoms with Gasteiger partial charge in [-0.25, -0.2) is 4.79 Å². The number of ether oxygens (including phenoxy) is 3. The first-order valence-electron chi connectivity index (χ1n) is 7.60. The number of nitrogens with one attached hydrogen (secondary N) is 2. The number of rotatable bonds is 10. The summed E-state index contributed by atoms with van der Waals surface area (Å²) in [5.74, 6) is 1.49. The molecule has 0 saturated carbocycles.